The van der Waals surface area contributed by atoms with Crippen molar-refractivity contribution < 1.29 is 9.53 Å². The summed E-state index contributed by atoms with van der Waals surface area (Å²) in [5.41, 5.74) is 2.31. The van der Waals surface area contributed by atoms with Crippen molar-refractivity contribution in [3.8, 4) is 5.75 Å². The molecule has 1 atom stereocenters. The van der Waals surface area contributed by atoms with E-state index < -0.39 is 0 Å². The fraction of sp³-hybridized carbons (Fsp3) is 0.333. The summed E-state index contributed by atoms with van der Waals surface area (Å²) in [6.45, 7) is 0.568. The van der Waals surface area contributed by atoms with Crippen LogP contribution in [-0.2, 0) is 6.42 Å². The Morgan fingerprint density at radius 2 is 2.00 bits per heavy atom. The van der Waals surface area contributed by atoms with E-state index in [2.05, 4.69) is 16.4 Å². The molecular formula is C18H23N3O2. The molecule has 5 heteroatoms. The second kappa shape index (κ2) is 8.17. The summed E-state index contributed by atoms with van der Waals surface area (Å²) in [6.07, 6.45) is 4.44. The molecule has 2 rings (SSSR count). The van der Waals surface area contributed by atoms with Crippen LogP contribution >= 0.6 is 0 Å². The summed E-state index contributed by atoms with van der Waals surface area (Å²) in [6, 6.07) is 11.9. The largest absolute Gasteiger partial charge is 0.497 e. The number of urea groups is 1. The van der Waals surface area contributed by atoms with E-state index in [-0.39, 0.29) is 11.9 Å². The molecule has 1 unspecified atom stereocenters. The minimum Gasteiger partial charge on any atom is -0.497 e. The van der Waals surface area contributed by atoms with Crippen LogP contribution in [0.15, 0.2) is 48.8 Å². The zero-order valence-corrected chi connectivity index (χ0v) is 13.8. The summed E-state index contributed by atoms with van der Waals surface area (Å²) in [5, 5.41) is 2.96. The van der Waals surface area contributed by atoms with E-state index in [9.17, 15) is 4.79 Å². The number of rotatable bonds is 6. The van der Waals surface area contributed by atoms with E-state index in [0.29, 0.717) is 6.54 Å². The first kappa shape index (κ1) is 16.8. The van der Waals surface area contributed by atoms with Crippen LogP contribution in [0.2, 0.25) is 0 Å². The number of hydrogen-bond donors (Lipinski definition) is 1. The quantitative estimate of drug-likeness (QED) is 0.892. The van der Waals surface area contributed by atoms with Gasteiger partial charge in [-0.3, -0.25) is 4.98 Å². The molecule has 2 amide bonds. The zero-order chi connectivity index (χ0) is 16.7. The fourth-order valence-corrected chi connectivity index (χ4v) is 2.36. The molecule has 0 aliphatic carbocycles. The molecule has 0 aliphatic rings. The van der Waals surface area contributed by atoms with Crippen LogP contribution in [-0.4, -0.2) is 43.7 Å². The third-order valence-corrected chi connectivity index (χ3v) is 3.70. The highest BCUT2D eigenvalue weighted by atomic mass is 16.5. The second-order valence-electron chi connectivity index (χ2n) is 5.62. The molecule has 0 spiro atoms. The van der Waals surface area contributed by atoms with E-state index in [1.54, 1.807) is 27.4 Å². The van der Waals surface area contributed by atoms with Gasteiger partial charge in [-0.05, 0) is 35.7 Å². The SMILES string of the molecule is COc1ccc(C(CNC(=O)N(C)C)Cc2cccnc2)cc1. The Labute approximate surface area is 137 Å². The molecule has 0 bridgehead atoms. The monoisotopic (exact) mass is 313 g/mol. The minimum atomic E-state index is -0.0882. The summed E-state index contributed by atoms with van der Waals surface area (Å²) in [4.78, 5) is 17.5. The van der Waals surface area contributed by atoms with Crippen molar-refractivity contribution in [2.45, 2.75) is 12.3 Å². The van der Waals surface area contributed by atoms with Crippen LogP contribution < -0.4 is 10.1 Å². The molecule has 1 aromatic heterocycles. The van der Waals surface area contributed by atoms with Gasteiger partial charge in [-0.15, -0.1) is 0 Å². The predicted octanol–water partition coefficient (Wildman–Crippen LogP) is 2.69. The normalized spacial score (nSPS) is 11.6. The molecule has 5 nitrogen and oxygen atoms in total. The van der Waals surface area contributed by atoms with Crippen LogP contribution in [0.25, 0.3) is 0 Å². The summed E-state index contributed by atoms with van der Waals surface area (Å²) in [5.74, 6) is 1.00. The lowest BCUT2D eigenvalue weighted by Crippen LogP contribution is -2.37. The molecule has 0 saturated heterocycles. The number of aromatic nitrogens is 1. The van der Waals surface area contributed by atoms with Gasteiger partial charge in [0.1, 0.15) is 5.75 Å². The van der Waals surface area contributed by atoms with Gasteiger partial charge in [0, 0.05) is 39.0 Å². The molecule has 23 heavy (non-hydrogen) atoms. The Morgan fingerprint density at radius 3 is 2.57 bits per heavy atom. The van der Waals surface area contributed by atoms with E-state index in [4.69, 9.17) is 4.74 Å². The standard InChI is InChI=1S/C18H23N3O2/c1-21(2)18(22)20-13-16(11-14-5-4-10-19-12-14)15-6-8-17(23-3)9-7-15/h4-10,12,16H,11,13H2,1-3H3,(H,20,22). The Kier molecular flexibility index (Phi) is 5.97. The van der Waals surface area contributed by atoms with Gasteiger partial charge in [-0.1, -0.05) is 18.2 Å². The maximum absolute atomic E-state index is 11.8. The molecule has 1 heterocycles. The molecule has 0 fully saturated rings. The van der Waals surface area contributed by atoms with Crippen molar-refractivity contribution in [2.75, 3.05) is 27.7 Å². The van der Waals surface area contributed by atoms with Crippen molar-refractivity contribution >= 4 is 6.03 Å². The summed E-state index contributed by atoms with van der Waals surface area (Å²) in [7, 11) is 5.12. The molecular weight excluding hydrogens is 290 g/mol. The zero-order valence-electron chi connectivity index (χ0n) is 13.8. The van der Waals surface area contributed by atoms with E-state index in [0.717, 1.165) is 23.3 Å². The van der Waals surface area contributed by atoms with Crippen LogP contribution in [0.4, 0.5) is 4.79 Å². The minimum absolute atomic E-state index is 0.0882. The smallest absolute Gasteiger partial charge is 0.316 e. The van der Waals surface area contributed by atoms with Gasteiger partial charge in [0.2, 0.25) is 0 Å². The van der Waals surface area contributed by atoms with Crippen LogP contribution in [0.3, 0.4) is 0 Å². The first-order valence-corrected chi connectivity index (χ1v) is 7.58. The highest BCUT2D eigenvalue weighted by Gasteiger charge is 2.15. The Hall–Kier alpha value is -2.56. The van der Waals surface area contributed by atoms with Crippen LogP contribution in [0.5, 0.6) is 5.75 Å². The van der Waals surface area contributed by atoms with Crippen molar-refractivity contribution in [3.63, 3.8) is 0 Å². The molecule has 0 saturated carbocycles. The molecule has 0 aliphatic heterocycles. The van der Waals surface area contributed by atoms with Crippen molar-refractivity contribution in [1.29, 1.82) is 0 Å². The van der Waals surface area contributed by atoms with Gasteiger partial charge in [0.25, 0.3) is 0 Å². The number of nitrogens with one attached hydrogen (secondary N) is 1. The number of ether oxygens (including phenoxy) is 1. The molecule has 1 N–H and O–H groups in total. The lowest BCUT2D eigenvalue weighted by atomic mass is 9.92. The van der Waals surface area contributed by atoms with Crippen molar-refractivity contribution in [2.24, 2.45) is 0 Å². The lowest BCUT2D eigenvalue weighted by Gasteiger charge is -2.20. The maximum Gasteiger partial charge on any atom is 0.316 e. The van der Waals surface area contributed by atoms with Gasteiger partial charge in [-0.25, -0.2) is 4.79 Å². The molecule has 1 aromatic carbocycles. The topological polar surface area (TPSA) is 54.5 Å². The third kappa shape index (κ3) is 4.98. The lowest BCUT2D eigenvalue weighted by molar-refractivity contribution is 0.216. The first-order chi connectivity index (χ1) is 11.1. The Bertz CT molecular complexity index is 612. The number of amides is 2. The number of nitrogens with zero attached hydrogens (tertiary/aromatic N) is 2. The highest BCUT2D eigenvalue weighted by molar-refractivity contribution is 5.73. The van der Waals surface area contributed by atoms with E-state index >= 15 is 0 Å². The highest BCUT2D eigenvalue weighted by Crippen LogP contribution is 2.22. The molecule has 122 valence electrons. The Morgan fingerprint density at radius 1 is 1.26 bits per heavy atom. The second-order valence-corrected chi connectivity index (χ2v) is 5.62. The average molecular weight is 313 g/mol. The molecule has 0 radical (unpaired) electrons. The predicted molar refractivity (Wildman–Crippen MR) is 90.8 cm³/mol. The fourth-order valence-electron chi connectivity index (χ4n) is 2.36. The first-order valence-electron chi connectivity index (χ1n) is 7.58. The number of pyridine rings is 1. The number of benzene rings is 1. The summed E-state index contributed by atoms with van der Waals surface area (Å²) >= 11 is 0. The number of methoxy groups -OCH3 is 1. The number of carbonyl (C=O) groups excluding carboxylic acids is 1. The van der Waals surface area contributed by atoms with Crippen LogP contribution in [0, 0.1) is 0 Å². The number of hydrogen-bond acceptors (Lipinski definition) is 3. The van der Waals surface area contributed by atoms with Gasteiger partial charge in [0.15, 0.2) is 0 Å². The van der Waals surface area contributed by atoms with Crippen molar-refractivity contribution in [3.05, 3.63) is 59.9 Å². The van der Waals surface area contributed by atoms with Crippen LogP contribution in [0.1, 0.15) is 17.0 Å². The molecule has 2 aromatic rings. The summed E-state index contributed by atoms with van der Waals surface area (Å²) < 4.78 is 5.21. The maximum atomic E-state index is 11.8. The van der Waals surface area contributed by atoms with Gasteiger partial charge in [-0.2, -0.15) is 0 Å². The van der Waals surface area contributed by atoms with E-state index in [1.165, 1.54) is 4.90 Å². The number of carbonyl (C=O) groups is 1. The van der Waals surface area contributed by atoms with Gasteiger partial charge < -0.3 is 15.0 Å². The van der Waals surface area contributed by atoms with Crippen molar-refractivity contribution in [1.82, 2.24) is 15.2 Å². The third-order valence-electron chi connectivity index (χ3n) is 3.70. The Balaban J connectivity index is 2.14. The van der Waals surface area contributed by atoms with Gasteiger partial charge >= 0.3 is 6.03 Å². The van der Waals surface area contributed by atoms with E-state index in [1.807, 2.05) is 36.5 Å². The van der Waals surface area contributed by atoms with Gasteiger partial charge in [0.05, 0.1) is 7.11 Å². The average Bonchev–Trinajstić information content (AvgIpc) is 2.59.